The normalized spacial score (nSPS) is 38.3. The number of nitrogens with zero attached hydrogens (tertiary/aromatic N) is 3. The Balaban J connectivity index is 1.46. The molecule has 3 aliphatic heterocycles. The number of aliphatic hydroxyl groups excluding tert-OH is 6. The lowest BCUT2D eigenvalue weighted by Gasteiger charge is -2.41. The third-order valence-corrected chi connectivity index (χ3v) is 11.2. The maximum Gasteiger partial charge on any atom is 0.481 e. The fraction of sp³-hybridized carbons (Fsp3) is 0.700. The van der Waals surface area contributed by atoms with Gasteiger partial charge in [0, 0.05) is 0 Å². The SMILES string of the molecule is CN(C)[C@H]1[C@@H](O)[C@]2(C=CSc3c(N)ncnc32)O[C@@H]1COP(O)(=S)OP(=O)(O)OC1OC([C@@H](O)CO)C(O)C(O)C1O. The number of fused-ring (bicyclic) bond motifs is 2. The molecule has 7 unspecified atom stereocenters. The topological polar surface area (TPSA) is 280 Å². The summed E-state index contributed by atoms with van der Waals surface area (Å²) < 4.78 is 38.6. The van der Waals surface area contributed by atoms with Crippen molar-refractivity contribution in [2.75, 3.05) is 33.0 Å². The molecule has 10 N–H and O–H groups in total. The molecule has 0 amide bonds. The molecule has 2 fully saturated rings. The summed E-state index contributed by atoms with van der Waals surface area (Å²) in [7, 11) is -2.11. The summed E-state index contributed by atoms with van der Waals surface area (Å²) in [5.41, 5.74) is 4.81. The Bertz CT molecular complexity index is 1270. The summed E-state index contributed by atoms with van der Waals surface area (Å²) in [5.74, 6) is 0.176. The van der Waals surface area contributed by atoms with E-state index in [2.05, 4.69) is 14.3 Å². The van der Waals surface area contributed by atoms with Crippen LogP contribution in [0.5, 0.6) is 0 Å². The van der Waals surface area contributed by atoms with Crippen LogP contribution in [0.3, 0.4) is 0 Å². The minimum Gasteiger partial charge on any atom is -0.394 e. The summed E-state index contributed by atoms with van der Waals surface area (Å²) in [6.45, 7) is -6.09. The number of hydrogen-bond donors (Lipinski definition) is 9. The van der Waals surface area contributed by atoms with Crippen LogP contribution in [0, 0.1) is 0 Å². The molecule has 0 aliphatic carbocycles. The first kappa shape index (κ1) is 34.2. The van der Waals surface area contributed by atoms with Gasteiger partial charge >= 0.3 is 14.5 Å². The molecule has 1 aromatic rings. The van der Waals surface area contributed by atoms with Crippen LogP contribution in [0.4, 0.5) is 5.82 Å². The number of hydrogen-bond acceptors (Lipinski definition) is 18. The first-order valence-corrected chi connectivity index (χ1v) is 17.2. The summed E-state index contributed by atoms with van der Waals surface area (Å²) in [6, 6.07) is -0.775. The van der Waals surface area contributed by atoms with Crippen molar-refractivity contribution in [3.63, 3.8) is 0 Å². The minimum absolute atomic E-state index is 0.176. The average molecular weight is 679 g/mol. The second-order valence-corrected chi connectivity index (χ2v) is 15.1. The van der Waals surface area contributed by atoms with Crippen LogP contribution >= 0.6 is 26.3 Å². The molecule has 0 radical (unpaired) electrons. The quantitative estimate of drug-likeness (QED) is 0.112. The van der Waals surface area contributed by atoms with Crippen LogP contribution in [-0.4, -0.2) is 138 Å². The molecular formula is C20H32N4O14P2S2. The lowest BCUT2D eigenvalue weighted by atomic mass is 9.89. The summed E-state index contributed by atoms with van der Waals surface area (Å²) >= 11 is 6.10. The van der Waals surface area contributed by atoms with E-state index in [1.165, 1.54) is 18.1 Å². The Kier molecular flexibility index (Phi) is 10.5. The minimum atomic E-state index is -5.42. The Hall–Kier alpha value is -0.710. The molecule has 2 saturated heterocycles. The summed E-state index contributed by atoms with van der Waals surface area (Å²) in [4.78, 5) is 31.2. The van der Waals surface area contributed by atoms with Gasteiger partial charge in [-0.3, -0.25) is 4.52 Å². The maximum absolute atomic E-state index is 12.7. The molecule has 3 aliphatic rings. The van der Waals surface area contributed by atoms with Crippen molar-refractivity contribution in [2.24, 2.45) is 0 Å². The van der Waals surface area contributed by atoms with E-state index >= 15 is 0 Å². The number of likely N-dealkylation sites (N-methyl/N-ethyl adjacent to an activating group) is 1. The Morgan fingerprint density at radius 2 is 1.90 bits per heavy atom. The van der Waals surface area contributed by atoms with Crippen molar-refractivity contribution in [3.05, 3.63) is 23.5 Å². The lowest BCUT2D eigenvalue weighted by molar-refractivity contribution is -0.292. The summed E-state index contributed by atoms with van der Waals surface area (Å²) in [5, 5.41) is 62.1. The lowest BCUT2D eigenvalue weighted by Crippen LogP contribution is -2.61. The van der Waals surface area contributed by atoms with Gasteiger partial charge in [0.05, 0.1) is 29.8 Å². The van der Waals surface area contributed by atoms with Crippen LogP contribution in [0.25, 0.3) is 0 Å². The van der Waals surface area contributed by atoms with E-state index in [1.807, 2.05) is 0 Å². The van der Waals surface area contributed by atoms with Gasteiger partial charge in [-0.1, -0.05) is 11.8 Å². The van der Waals surface area contributed by atoms with Crippen molar-refractivity contribution in [2.45, 2.75) is 65.6 Å². The largest absolute Gasteiger partial charge is 0.481 e. The Labute approximate surface area is 248 Å². The van der Waals surface area contributed by atoms with Gasteiger partial charge in [-0.05, 0) is 37.4 Å². The zero-order valence-corrected chi connectivity index (χ0v) is 25.4. The van der Waals surface area contributed by atoms with E-state index in [-0.39, 0.29) is 5.82 Å². The zero-order chi connectivity index (χ0) is 31.2. The fourth-order valence-electron chi connectivity index (χ4n) is 4.85. The summed E-state index contributed by atoms with van der Waals surface area (Å²) in [6.07, 6.45) is -11.1. The predicted octanol–water partition coefficient (Wildman–Crippen LogP) is -2.91. The number of aromatic nitrogens is 2. The highest BCUT2D eigenvalue weighted by Gasteiger charge is 2.58. The van der Waals surface area contributed by atoms with E-state index in [1.54, 1.807) is 30.5 Å². The molecule has 22 heteroatoms. The monoisotopic (exact) mass is 678 g/mol. The standard InChI is InChI=1S/C20H32N4O14P2S2/c1-24(2)10-9(36-20(17(10)30)3-4-42-15-16(20)22-7-23-18(15)21)6-34-40(33,41)38-39(31,32)37-19-13(29)11(27)12(28)14(35-19)8(26)5-25/h3-4,7-14,17,19,25-30H,5-6H2,1-2H3,(H,31,32)(H,33,41)(H2,21,22,23)/t8-,9+,10+,11?,12?,13?,14?,17+,19?,20+,40?/m0/s1. The van der Waals surface area contributed by atoms with Crippen LogP contribution in [0.2, 0.25) is 0 Å². The van der Waals surface area contributed by atoms with Crippen molar-refractivity contribution in [1.82, 2.24) is 14.9 Å². The van der Waals surface area contributed by atoms with E-state index in [0.717, 1.165) is 0 Å². The van der Waals surface area contributed by atoms with Crippen molar-refractivity contribution in [3.8, 4) is 0 Å². The van der Waals surface area contributed by atoms with Crippen LogP contribution in [-0.2, 0) is 44.8 Å². The van der Waals surface area contributed by atoms with Crippen LogP contribution < -0.4 is 5.73 Å². The highest BCUT2D eigenvalue weighted by molar-refractivity contribution is 8.08. The van der Waals surface area contributed by atoms with Gasteiger partial charge in [-0.15, -0.1) is 0 Å². The van der Waals surface area contributed by atoms with E-state index < -0.39 is 88.4 Å². The van der Waals surface area contributed by atoms with Crippen molar-refractivity contribution in [1.29, 1.82) is 0 Å². The zero-order valence-electron chi connectivity index (χ0n) is 22.0. The molecule has 12 atom stereocenters. The van der Waals surface area contributed by atoms with Gasteiger partial charge in [0.15, 0.2) is 11.9 Å². The number of anilines is 1. The first-order valence-electron chi connectivity index (χ1n) is 12.2. The number of rotatable bonds is 10. The van der Waals surface area contributed by atoms with E-state index in [4.69, 9.17) is 41.2 Å². The van der Waals surface area contributed by atoms with Gasteiger partial charge < -0.3 is 65.1 Å². The third-order valence-electron chi connectivity index (χ3n) is 6.81. The molecule has 0 saturated carbocycles. The van der Waals surface area contributed by atoms with Gasteiger partial charge in [0.25, 0.3) is 0 Å². The van der Waals surface area contributed by atoms with Crippen LogP contribution in [0.15, 0.2) is 22.7 Å². The predicted molar refractivity (Wildman–Crippen MR) is 146 cm³/mol. The van der Waals surface area contributed by atoms with Gasteiger partial charge in [-0.25, -0.2) is 18.8 Å². The number of nitrogen functional groups attached to an aromatic ring is 1. The maximum atomic E-state index is 12.7. The molecule has 18 nitrogen and oxygen atoms in total. The molecular weight excluding hydrogens is 646 g/mol. The van der Waals surface area contributed by atoms with Gasteiger partial charge in [0.1, 0.15) is 54.9 Å². The van der Waals surface area contributed by atoms with E-state index in [9.17, 15) is 39.9 Å². The third kappa shape index (κ3) is 6.76. The van der Waals surface area contributed by atoms with Gasteiger partial charge in [0.2, 0.25) is 0 Å². The molecule has 238 valence electrons. The highest BCUT2D eigenvalue weighted by Crippen LogP contribution is 2.62. The molecule has 42 heavy (non-hydrogen) atoms. The molecule has 0 bridgehead atoms. The number of aliphatic hydroxyl groups is 6. The highest BCUT2D eigenvalue weighted by atomic mass is 32.5. The molecule has 1 spiro atoms. The number of phosphoric ester groups is 1. The van der Waals surface area contributed by atoms with E-state index in [0.29, 0.717) is 10.6 Å². The first-order chi connectivity index (χ1) is 19.5. The number of nitrogens with two attached hydrogens (primary N) is 1. The average Bonchev–Trinajstić information content (AvgIpc) is 3.19. The van der Waals surface area contributed by atoms with Gasteiger partial charge in [-0.2, -0.15) is 0 Å². The number of thioether (sulfide) groups is 1. The van der Waals surface area contributed by atoms with Crippen molar-refractivity contribution < 1.29 is 67.8 Å². The Morgan fingerprint density at radius 3 is 2.55 bits per heavy atom. The van der Waals surface area contributed by atoms with Crippen molar-refractivity contribution >= 4 is 43.9 Å². The molecule has 4 rings (SSSR count). The van der Waals surface area contributed by atoms with Crippen LogP contribution in [0.1, 0.15) is 5.69 Å². The second-order valence-electron chi connectivity index (χ2n) is 9.82. The molecule has 4 heterocycles. The smallest absolute Gasteiger partial charge is 0.394 e. The molecule has 1 aromatic heterocycles. The number of ether oxygens (including phenoxy) is 2. The number of phosphoric acid groups is 1. The fourth-order valence-corrected chi connectivity index (χ4v) is 8.85. The Morgan fingerprint density at radius 1 is 1.21 bits per heavy atom. The second kappa shape index (κ2) is 13.0. The molecule has 0 aromatic carbocycles.